The molecule has 0 saturated heterocycles. The standard InChI is InChI=1S/C7H7N5O/c1-13-7-8-5-6(10-11-7)12-4-2-3-9-12/h2-5H,1H3. The zero-order valence-electron chi connectivity index (χ0n) is 6.95. The summed E-state index contributed by atoms with van der Waals surface area (Å²) in [5, 5.41) is 11.5. The Morgan fingerprint density at radius 3 is 2.85 bits per heavy atom. The van der Waals surface area contributed by atoms with Gasteiger partial charge in [0, 0.05) is 12.4 Å². The average Bonchev–Trinajstić information content (AvgIpc) is 2.71. The molecule has 13 heavy (non-hydrogen) atoms. The highest BCUT2D eigenvalue weighted by molar-refractivity contribution is 5.14. The van der Waals surface area contributed by atoms with Gasteiger partial charge in [-0.3, -0.25) is 0 Å². The summed E-state index contributed by atoms with van der Waals surface area (Å²) in [7, 11) is 1.49. The second-order valence-electron chi connectivity index (χ2n) is 2.25. The average molecular weight is 177 g/mol. The summed E-state index contributed by atoms with van der Waals surface area (Å²) in [5.41, 5.74) is 0. The van der Waals surface area contributed by atoms with Gasteiger partial charge in [-0.15, -0.1) is 5.10 Å². The van der Waals surface area contributed by atoms with Crippen molar-refractivity contribution in [1.82, 2.24) is 25.0 Å². The van der Waals surface area contributed by atoms with Gasteiger partial charge in [-0.25, -0.2) is 4.68 Å². The second-order valence-corrected chi connectivity index (χ2v) is 2.25. The van der Waals surface area contributed by atoms with E-state index in [1.807, 2.05) is 0 Å². The fourth-order valence-electron chi connectivity index (χ4n) is 0.861. The Kier molecular flexibility index (Phi) is 1.87. The molecule has 6 nitrogen and oxygen atoms in total. The van der Waals surface area contributed by atoms with Crippen molar-refractivity contribution < 1.29 is 4.74 Å². The van der Waals surface area contributed by atoms with Crippen LogP contribution in [0.15, 0.2) is 24.7 Å². The SMILES string of the molecule is COc1ncc(-n2cccn2)nn1. The van der Waals surface area contributed by atoms with Crippen LogP contribution in [0.25, 0.3) is 5.82 Å². The molecule has 0 radical (unpaired) electrons. The minimum absolute atomic E-state index is 0.246. The van der Waals surface area contributed by atoms with Crippen LogP contribution in [-0.4, -0.2) is 32.1 Å². The van der Waals surface area contributed by atoms with E-state index in [2.05, 4.69) is 20.3 Å². The number of hydrogen-bond donors (Lipinski definition) is 0. The first kappa shape index (κ1) is 7.66. The molecular formula is C7H7N5O. The summed E-state index contributed by atoms with van der Waals surface area (Å²) in [5.74, 6) is 0.561. The van der Waals surface area contributed by atoms with Crippen LogP contribution in [0.5, 0.6) is 6.01 Å². The van der Waals surface area contributed by atoms with E-state index in [0.717, 1.165) is 0 Å². The van der Waals surface area contributed by atoms with Crippen molar-refractivity contribution in [3.05, 3.63) is 24.7 Å². The molecule has 0 bridgehead atoms. The molecule has 0 aliphatic carbocycles. The lowest BCUT2D eigenvalue weighted by molar-refractivity contribution is 0.372. The first-order valence-corrected chi connectivity index (χ1v) is 3.64. The predicted octanol–water partition coefficient (Wildman–Crippen LogP) is 0.0659. The van der Waals surface area contributed by atoms with Crippen LogP contribution in [0.1, 0.15) is 0 Å². The van der Waals surface area contributed by atoms with Gasteiger partial charge in [0.1, 0.15) is 0 Å². The zero-order valence-corrected chi connectivity index (χ0v) is 6.95. The topological polar surface area (TPSA) is 65.7 Å². The molecule has 0 amide bonds. The van der Waals surface area contributed by atoms with Crippen molar-refractivity contribution in [3.8, 4) is 11.8 Å². The summed E-state index contributed by atoms with van der Waals surface area (Å²) in [6.45, 7) is 0. The maximum Gasteiger partial charge on any atom is 0.335 e. The van der Waals surface area contributed by atoms with Gasteiger partial charge in [-0.05, 0) is 6.07 Å². The Morgan fingerprint density at radius 2 is 2.31 bits per heavy atom. The highest BCUT2D eigenvalue weighted by Crippen LogP contribution is 2.01. The van der Waals surface area contributed by atoms with Gasteiger partial charge in [0.2, 0.25) is 0 Å². The minimum atomic E-state index is 0.246. The van der Waals surface area contributed by atoms with E-state index in [1.54, 1.807) is 29.3 Å². The smallest absolute Gasteiger partial charge is 0.335 e. The van der Waals surface area contributed by atoms with Crippen molar-refractivity contribution in [1.29, 1.82) is 0 Å². The van der Waals surface area contributed by atoms with Crippen LogP contribution in [-0.2, 0) is 0 Å². The minimum Gasteiger partial charge on any atom is -0.466 e. The Balaban J connectivity index is 2.33. The molecule has 0 fully saturated rings. The molecule has 0 spiro atoms. The number of ether oxygens (including phenoxy) is 1. The Bertz CT molecular complexity index is 368. The van der Waals surface area contributed by atoms with Gasteiger partial charge in [-0.2, -0.15) is 10.1 Å². The van der Waals surface area contributed by atoms with E-state index in [0.29, 0.717) is 5.82 Å². The van der Waals surface area contributed by atoms with Crippen LogP contribution < -0.4 is 4.74 Å². The quantitative estimate of drug-likeness (QED) is 0.649. The highest BCUT2D eigenvalue weighted by Gasteiger charge is 1.99. The molecule has 2 aromatic heterocycles. The number of hydrogen-bond acceptors (Lipinski definition) is 5. The molecule has 66 valence electrons. The molecule has 0 aromatic carbocycles. The third kappa shape index (κ3) is 1.46. The fourth-order valence-corrected chi connectivity index (χ4v) is 0.861. The third-order valence-corrected chi connectivity index (χ3v) is 1.45. The summed E-state index contributed by atoms with van der Waals surface area (Å²) in [4.78, 5) is 3.90. The van der Waals surface area contributed by atoms with Gasteiger partial charge in [0.15, 0.2) is 5.82 Å². The van der Waals surface area contributed by atoms with E-state index >= 15 is 0 Å². The van der Waals surface area contributed by atoms with Crippen LogP contribution in [0, 0.1) is 0 Å². The lowest BCUT2D eigenvalue weighted by Crippen LogP contribution is -2.02. The summed E-state index contributed by atoms with van der Waals surface area (Å²) in [6, 6.07) is 2.04. The van der Waals surface area contributed by atoms with Gasteiger partial charge < -0.3 is 4.74 Å². The Hall–Kier alpha value is -1.98. The molecule has 0 atom stereocenters. The first-order chi connectivity index (χ1) is 6.40. The van der Waals surface area contributed by atoms with E-state index in [1.165, 1.54) is 7.11 Å². The lowest BCUT2D eigenvalue weighted by atomic mass is 10.7. The van der Waals surface area contributed by atoms with Gasteiger partial charge in [0.25, 0.3) is 0 Å². The number of rotatable bonds is 2. The molecule has 2 rings (SSSR count). The van der Waals surface area contributed by atoms with Gasteiger partial charge >= 0.3 is 6.01 Å². The molecular weight excluding hydrogens is 170 g/mol. The first-order valence-electron chi connectivity index (χ1n) is 3.64. The molecule has 0 saturated carbocycles. The van der Waals surface area contributed by atoms with E-state index in [4.69, 9.17) is 4.74 Å². The lowest BCUT2D eigenvalue weighted by Gasteiger charge is -1.98. The van der Waals surface area contributed by atoms with E-state index < -0.39 is 0 Å². The summed E-state index contributed by atoms with van der Waals surface area (Å²) in [6.07, 6.45) is 4.96. The molecule has 0 unspecified atom stereocenters. The van der Waals surface area contributed by atoms with Crippen LogP contribution >= 0.6 is 0 Å². The number of nitrogens with zero attached hydrogens (tertiary/aromatic N) is 5. The normalized spacial score (nSPS) is 9.92. The maximum absolute atomic E-state index is 4.77. The van der Waals surface area contributed by atoms with Crippen molar-refractivity contribution in [2.45, 2.75) is 0 Å². The second kappa shape index (κ2) is 3.18. The van der Waals surface area contributed by atoms with Crippen molar-refractivity contribution >= 4 is 0 Å². The predicted molar refractivity (Wildman–Crippen MR) is 43.5 cm³/mol. The Labute approximate surface area is 74.2 Å². The fraction of sp³-hybridized carbons (Fsp3) is 0.143. The highest BCUT2D eigenvalue weighted by atomic mass is 16.5. The van der Waals surface area contributed by atoms with Crippen LogP contribution in [0.2, 0.25) is 0 Å². The Morgan fingerprint density at radius 1 is 1.38 bits per heavy atom. The number of aromatic nitrogens is 5. The van der Waals surface area contributed by atoms with E-state index in [9.17, 15) is 0 Å². The molecule has 6 heteroatoms. The van der Waals surface area contributed by atoms with Gasteiger partial charge in [0.05, 0.1) is 13.3 Å². The van der Waals surface area contributed by atoms with E-state index in [-0.39, 0.29) is 6.01 Å². The zero-order chi connectivity index (χ0) is 9.10. The van der Waals surface area contributed by atoms with Crippen LogP contribution in [0.3, 0.4) is 0 Å². The molecule has 0 aliphatic rings. The molecule has 0 N–H and O–H groups in total. The largest absolute Gasteiger partial charge is 0.466 e. The third-order valence-electron chi connectivity index (χ3n) is 1.45. The maximum atomic E-state index is 4.77. The summed E-state index contributed by atoms with van der Waals surface area (Å²) < 4.78 is 6.34. The molecule has 2 heterocycles. The molecule has 2 aromatic rings. The van der Waals surface area contributed by atoms with Crippen molar-refractivity contribution in [2.75, 3.05) is 7.11 Å². The van der Waals surface area contributed by atoms with Crippen LogP contribution in [0.4, 0.5) is 0 Å². The van der Waals surface area contributed by atoms with Gasteiger partial charge in [-0.1, -0.05) is 5.10 Å². The monoisotopic (exact) mass is 177 g/mol. The van der Waals surface area contributed by atoms with Crippen molar-refractivity contribution in [2.24, 2.45) is 0 Å². The van der Waals surface area contributed by atoms with Crippen molar-refractivity contribution in [3.63, 3.8) is 0 Å². The molecule has 0 aliphatic heterocycles. The number of methoxy groups -OCH3 is 1. The summed E-state index contributed by atoms with van der Waals surface area (Å²) >= 11 is 0.